The van der Waals surface area contributed by atoms with Gasteiger partial charge in [0.05, 0.1) is 26.5 Å². The van der Waals surface area contributed by atoms with Crippen LogP contribution in [-0.2, 0) is 34.5 Å². The first-order valence-electron chi connectivity index (χ1n) is 8.77. The Hall–Kier alpha value is -1.50. The van der Waals surface area contributed by atoms with E-state index in [2.05, 4.69) is 0 Å². The second-order valence-electron chi connectivity index (χ2n) is 7.13. The van der Waals surface area contributed by atoms with Crippen molar-refractivity contribution in [2.75, 3.05) is 24.6 Å². The van der Waals surface area contributed by atoms with Gasteiger partial charge in [-0.25, -0.2) is 25.3 Å². The number of nitrogens with two attached hydrogens (primary N) is 1. The minimum absolute atomic E-state index is 0.00226. The normalized spacial score (nSPS) is 24.2. The fraction of sp³-hybridized carbons (Fsp3) is 0.562. The van der Waals surface area contributed by atoms with Crippen LogP contribution in [0.15, 0.2) is 34.1 Å². The Morgan fingerprint density at radius 3 is 2.18 bits per heavy atom. The van der Waals surface area contributed by atoms with Gasteiger partial charge in [-0.3, -0.25) is 4.79 Å². The standard InChI is InChI=1S/C16H22N2O7S3/c17-16(19)12-4-7-18(8-5-12)28(24,25)14-3-1-2-13(10-14)27(22,23)15-6-9-26(20,21)11-15/h1-3,10,12,15H,4-9,11H2,(H2,17,19)/t15-/m0/s1. The van der Waals surface area contributed by atoms with Gasteiger partial charge in [-0.2, -0.15) is 4.31 Å². The van der Waals surface area contributed by atoms with Crippen LogP contribution in [0.4, 0.5) is 0 Å². The maximum atomic E-state index is 12.9. The molecule has 2 aliphatic rings. The number of benzene rings is 1. The molecule has 1 aromatic carbocycles. The SMILES string of the molecule is NC(=O)C1CCN(S(=O)(=O)c2cccc(S(=O)(=O)[C@H]3CCS(=O)(=O)C3)c2)CC1. The number of nitrogens with zero attached hydrogens (tertiary/aromatic N) is 1. The summed E-state index contributed by atoms with van der Waals surface area (Å²) in [5.74, 6) is -1.48. The van der Waals surface area contributed by atoms with Gasteiger partial charge in [0.1, 0.15) is 0 Å². The summed E-state index contributed by atoms with van der Waals surface area (Å²) in [5.41, 5.74) is 5.26. The molecule has 2 aliphatic heterocycles. The van der Waals surface area contributed by atoms with E-state index in [-0.39, 0.29) is 41.0 Å². The number of sulfone groups is 2. The number of rotatable bonds is 5. The number of piperidine rings is 1. The van der Waals surface area contributed by atoms with E-state index in [1.807, 2.05) is 0 Å². The molecule has 0 radical (unpaired) electrons. The van der Waals surface area contributed by atoms with Gasteiger partial charge in [0, 0.05) is 19.0 Å². The van der Waals surface area contributed by atoms with Crippen molar-refractivity contribution in [3.63, 3.8) is 0 Å². The van der Waals surface area contributed by atoms with Gasteiger partial charge >= 0.3 is 0 Å². The number of sulfonamides is 1. The highest BCUT2D eigenvalue weighted by molar-refractivity contribution is 7.96. The lowest BCUT2D eigenvalue weighted by Crippen LogP contribution is -2.41. The van der Waals surface area contributed by atoms with E-state index in [4.69, 9.17) is 5.73 Å². The summed E-state index contributed by atoms with van der Waals surface area (Å²) >= 11 is 0. The molecule has 0 spiro atoms. The number of carbonyl (C=O) groups excluding carboxylic acids is 1. The minimum atomic E-state index is -3.97. The molecule has 2 N–H and O–H groups in total. The van der Waals surface area contributed by atoms with Crippen LogP contribution in [0, 0.1) is 5.92 Å². The molecular formula is C16H22N2O7S3. The van der Waals surface area contributed by atoms with Crippen LogP contribution in [0.3, 0.4) is 0 Å². The Kier molecular flexibility index (Phi) is 5.60. The third-order valence-electron chi connectivity index (χ3n) is 5.26. The van der Waals surface area contributed by atoms with E-state index in [0.717, 1.165) is 6.07 Å². The summed E-state index contributed by atoms with van der Waals surface area (Å²) in [7, 11) is -11.3. The largest absolute Gasteiger partial charge is 0.369 e. The molecule has 0 aliphatic carbocycles. The van der Waals surface area contributed by atoms with Crippen molar-refractivity contribution in [1.82, 2.24) is 4.31 Å². The summed E-state index contributed by atoms with van der Waals surface area (Å²) in [6, 6.07) is 4.99. The third-order valence-corrected chi connectivity index (χ3v) is 11.3. The lowest BCUT2D eigenvalue weighted by atomic mass is 9.98. The fourth-order valence-electron chi connectivity index (χ4n) is 3.54. The molecule has 1 aromatic rings. The average Bonchev–Trinajstić information content (AvgIpc) is 3.02. The molecular weight excluding hydrogens is 428 g/mol. The van der Waals surface area contributed by atoms with Gasteiger partial charge in [0.15, 0.2) is 19.7 Å². The van der Waals surface area contributed by atoms with Gasteiger partial charge in [0.2, 0.25) is 15.9 Å². The van der Waals surface area contributed by atoms with Crippen molar-refractivity contribution in [3.8, 4) is 0 Å². The third kappa shape index (κ3) is 4.09. The van der Waals surface area contributed by atoms with E-state index in [1.54, 1.807) is 0 Å². The van der Waals surface area contributed by atoms with E-state index in [9.17, 15) is 30.0 Å². The fourth-order valence-corrected chi connectivity index (χ4v) is 9.53. The molecule has 2 fully saturated rings. The molecule has 1 atom stereocenters. The molecule has 2 heterocycles. The second-order valence-corrected chi connectivity index (χ2v) is 13.5. The van der Waals surface area contributed by atoms with E-state index in [0.29, 0.717) is 12.8 Å². The predicted octanol–water partition coefficient (Wildman–Crippen LogP) is -0.467. The maximum Gasteiger partial charge on any atom is 0.243 e. The van der Waals surface area contributed by atoms with E-state index in [1.165, 1.54) is 22.5 Å². The minimum Gasteiger partial charge on any atom is -0.369 e. The van der Waals surface area contributed by atoms with Gasteiger partial charge in [0.25, 0.3) is 0 Å². The smallest absolute Gasteiger partial charge is 0.243 e. The number of carbonyl (C=O) groups is 1. The zero-order chi connectivity index (χ0) is 20.7. The zero-order valence-electron chi connectivity index (χ0n) is 15.0. The summed E-state index contributed by atoms with van der Waals surface area (Å²) in [5, 5.41) is -1.07. The summed E-state index contributed by atoms with van der Waals surface area (Å²) in [6.45, 7) is 0.238. The van der Waals surface area contributed by atoms with Crippen molar-refractivity contribution in [2.24, 2.45) is 11.7 Å². The van der Waals surface area contributed by atoms with Gasteiger partial charge in [-0.1, -0.05) is 6.07 Å². The number of amides is 1. The van der Waals surface area contributed by atoms with E-state index < -0.39 is 46.6 Å². The Morgan fingerprint density at radius 1 is 1.04 bits per heavy atom. The van der Waals surface area contributed by atoms with Crippen molar-refractivity contribution in [3.05, 3.63) is 24.3 Å². The van der Waals surface area contributed by atoms with Gasteiger partial charge in [-0.05, 0) is 37.5 Å². The predicted molar refractivity (Wildman–Crippen MR) is 101 cm³/mol. The van der Waals surface area contributed by atoms with Crippen LogP contribution in [0.5, 0.6) is 0 Å². The lowest BCUT2D eigenvalue weighted by molar-refractivity contribution is -0.122. The Labute approximate surface area is 164 Å². The number of primary amides is 1. The second kappa shape index (κ2) is 7.39. The first kappa shape index (κ1) is 21.2. The molecule has 28 heavy (non-hydrogen) atoms. The van der Waals surface area contributed by atoms with Crippen molar-refractivity contribution in [2.45, 2.75) is 34.3 Å². The summed E-state index contributed by atoms with van der Waals surface area (Å²) in [6.07, 6.45) is 0.626. The number of hydrogen-bond donors (Lipinski definition) is 1. The Bertz CT molecular complexity index is 1090. The van der Waals surface area contributed by atoms with Crippen LogP contribution in [-0.4, -0.2) is 65.3 Å². The Balaban J connectivity index is 1.86. The first-order valence-corrected chi connectivity index (χ1v) is 13.6. The van der Waals surface area contributed by atoms with Crippen molar-refractivity contribution < 1.29 is 30.0 Å². The first-order chi connectivity index (χ1) is 12.9. The van der Waals surface area contributed by atoms with Gasteiger partial charge in [-0.15, -0.1) is 0 Å². The number of hydrogen-bond acceptors (Lipinski definition) is 7. The monoisotopic (exact) mass is 450 g/mol. The summed E-state index contributed by atoms with van der Waals surface area (Å²) in [4.78, 5) is 10.9. The molecule has 0 unspecified atom stereocenters. The van der Waals surface area contributed by atoms with Crippen LogP contribution in [0.2, 0.25) is 0 Å². The molecule has 0 saturated carbocycles. The molecule has 3 rings (SSSR count). The molecule has 156 valence electrons. The highest BCUT2D eigenvalue weighted by atomic mass is 32.2. The highest BCUT2D eigenvalue weighted by Gasteiger charge is 2.39. The van der Waals surface area contributed by atoms with Gasteiger partial charge < -0.3 is 5.73 Å². The van der Waals surface area contributed by atoms with Crippen molar-refractivity contribution in [1.29, 1.82) is 0 Å². The van der Waals surface area contributed by atoms with Crippen LogP contribution in [0.1, 0.15) is 19.3 Å². The Morgan fingerprint density at radius 2 is 1.64 bits per heavy atom. The van der Waals surface area contributed by atoms with Crippen LogP contribution < -0.4 is 5.73 Å². The average molecular weight is 451 g/mol. The summed E-state index contributed by atoms with van der Waals surface area (Å²) < 4.78 is 75.8. The van der Waals surface area contributed by atoms with Crippen molar-refractivity contribution >= 4 is 35.6 Å². The molecule has 0 bridgehead atoms. The molecule has 1 amide bonds. The molecule has 9 nitrogen and oxygen atoms in total. The highest BCUT2D eigenvalue weighted by Crippen LogP contribution is 2.29. The van der Waals surface area contributed by atoms with Crippen LogP contribution >= 0.6 is 0 Å². The molecule has 12 heteroatoms. The topological polar surface area (TPSA) is 149 Å². The molecule has 0 aromatic heterocycles. The lowest BCUT2D eigenvalue weighted by Gasteiger charge is -2.29. The van der Waals surface area contributed by atoms with Crippen LogP contribution in [0.25, 0.3) is 0 Å². The van der Waals surface area contributed by atoms with E-state index >= 15 is 0 Å². The zero-order valence-corrected chi connectivity index (χ0v) is 17.5. The maximum absolute atomic E-state index is 12.9. The molecule has 2 saturated heterocycles. The quantitative estimate of drug-likeness (QED) is 0.637.